The summed E-state index contributed by atoms with van der Waals surface area (Å²) in [5.74, 6) is 0. The third-order valence-corrected chi connectivity index (χ3v) is 5.69. The minimum atomic E-state index is -1.73. The first kappa shape index (κ1) is 25.1. The summed E-state index contributed by atoms with van der Waals surface area (Å²) < 4.78 is 26.7. The smallest absolute Gasteiger partial charge is 0.187 e. The SMILES string of the molecule is C[C@@H]1O[C@@H](O[C@H]2[C@H](O[C@@H]3COC(O)[C@H](O)[C@H]3O)O[C@H](CO)[C@H](O)[C@@H]2O)[C@@H](O)[C@H](O)[C@@H]1O. The van der Waals surface area contributed by atoms with Crippen LogP contribution in [-0.4, -0.2) is 145 Å². The highest BCUT2D eigenvalue weighted by atomic mass is 16.8. The number of hydrogen-bond donors (Lipinski definition) is 9. The van der Waals surface area contributed by atoms with Crippen molar-refractivity contribution >= 4 is 0 Å². The summed E-state index contributed by atoms with van der Waals surface area (Å²) in [6.45, 7) is 0.330. The van der Waals surface area contributed by atoms with Crippen LogP contribution in [0, 0.1) is 0 Å². The highest BCUT2D eigenvalue weighted by Crippen LogP contribution is 2.31. The van der Waals surface area contributed by atoms with E-state index in [1.165, 1.54) is 6.92 Å². The molecule has 14 atom stereocenters. The average molecular weight is 458 g/mol. The Morgan fingerprint density at radius 2 is 1.39 bits per heavy atom. The van der Waals surface area contributed by atoms with E-state index in [0.29, 0.717) is 0 Å². The van der Waals surface area contributed by atoms with Crippen LogP contribution in [0.25, 0.3) is 0 Å². The minimum Gasteiger partial charge on any atom is -0.394 e. The molecule has 9 N–H and O–H groups in total. The highest BCUT2D eigenvalue weighted by Gasteiger charge is 2.52. The van der Waals surface area contributed by atoms with Gasteiger partial charge in [-0.1, -0.05) is 0 Å². The van der Waals surface area contributed by atoms with Gasteiger partial charge in [-0.2, -0.15) is 0 Å². The molecule has 3 aliphatic rings. The van der Waals surface area contributed by atoms with Crippen LogP contribution >= 0.6 is 0 Å². The first-order valence-corrected chi connectivity index (χ1v) is 9.85. The Kier molecular flexibility index (Phi) is 8.21. The molecule has 0 saturated carbocycles. The lowest BCUT2D eigenvalue weighted by molar-refractivity contribution is -0.379. The van der Waals surface area contributed by atoms with Gasteiger partial charge in [-0.3, -0.25) is 0 Å². The fraction of sp³-hybridized carbons (Fsp3) is 1.00. The predicted octanol–water partition coefficient (Wildman–Crippen LogP) is -5.91. The summed E-state index contributed by atoms with van der Waals surface area (Å²) in [7, 11) is 0. The van der Waals surface area contributed by atoms with Crippen LogP contribution in [0.4, 0.5) is 0 Å². The van der Waals surface area contributed by atoms with Crippen LogP contribution in [0.2, 0.25) is 0 Å². The zero-order chi connectivity index (χ0) is 23.0. The van der Waals surface area contributed by atoms with E-state index in [0.717, 1.165) is 0 Å². The van der Waals surface area contributed by atoms with Gasteiger partial charge in [0.2, 0.25) is 0 Å². The molecule has 3 heterocycles. The highest BCUT2D eigenvalue weighted by molar-refractivity contribution is 4.94. The quantitative estimate of drug-likeness (QED) is 0.187. The van der Waals surface area contributed by atoms with Crippen molar-refractivity contribution in [2.45, 2.75) is 92.9 Å². The third-order valence-electron chi connectivity index (χ3n) is 5.69. The molecule has 14 nitrogen and oxygen atoms in total. The Labute approximate surface area is 176 Å². The first-order chi connectivity index (χ1) is 14.6. The number of rotatable bonds is 5. The zero-order valence-corrected chi connectivity index (χ0v) is 16.6. The van der Waals surface area contributed by atoms with Crippen LogP contribution in [0.5, 0.6) is 0 Å². The van der Waals surface area contributed by atoms with E-state index >= 15 is 0 Å². The molecule has 0 radical (unpaired) electrons. The van der Waals surface area contributed by atoms with Gasteiger partial charge >= 0.3 is 0 Å². The number of ether oxygens (including phenoxy) is 5. The van der Waals surface area contributed by atoms with Gasteiger partial charge in [0.25, 0.3) is 0 Å². The van der Waals surface area contributed by atoms with Crippen molar-refractivity contribution in [3.63, 3.8) is 0 Å². The van der Waals surface area contributed by atoms with E-state index in [9.17, 15) is 46.0 Å². The van der Waals surface area contributed by atoms with Crippen molar-refractivity contribution in [3.05, 3.63) is 0 Å². The lowest BCUT2D eigenvalue weighted by Crippen LogP contribution is -2.65. The molecule has 14 heteroatoms. The predicted molar refractivity (Wildman–Crippen MR) is 93.8 cm³/mol. The normalized spacial score (nSPS) is 54.0. The Balaban J connectivity index is 1.77. The molecule has 0 amide bonds. The summed E-state index contributed by atoms with van der Waals surface area (Å²) in [6, 6.07) is 0. The van der Waals surface area contributed by atoms with Crippen molar-refractivity contribution in [2.24, 2.45) is 0 Å². The largest absolute Gasteiger partial charge is 0.394 e. The molecule has 1 unspecified atom stereocenters. The monoisotopic (exact) mass is 458 g/mol. The van der Waals surface area contributed by atoms with Gasteiger partial charge in [-0.15, -0.1) is 0 Å². The fourth-order valence-electron chi connectivity index (χ4n) is 3.66. The minimum absolute atomic E-state index is 0.376. The Hall–Kier alpha value is -0.560. The van der Waals surface area contributed by atoms with Crippen LogP contribution in [-0.2, 0) is 23.7 Å². The average Bonchev–Trinajstić information content (AvgIpc) is 2.75. The first-order valence-electron chi connectivity index (χ1n) is 9.85. The van der Waals surface area contributed by atoms with Crippen molar-refractivity contribution in [1.29, 1.82) is 0 Å². The molecule has 3 saturated heterocycles. The fourth-order valence-corrected chi connectivity index (χ4v) is 3.66. The van der Waals surface area contributed by atoms with Crippen molar-refractivity contribution in [3.8, 4) is 0 Å². The van der Waals surface area contributed by atoms with Crippen molar-refractivity contribution in [2.75, 3.05) is 13.2 Å². The van der Waals surface area contributed by atoms with Crippen LogP contribution in [0.15, 0.2) is 0 Å². The van der Waals surface area contributed by atoms with E-state index in [-0.39, 0.29) is 6.61 Å². The summed E-state index contributed by atoms with van der Waals surface area (Å²) in [5, 5.41) is 89.4. The van der Waals surface area contributed by atoms with E-state index < -0.39 is 92.6 Å². The maximum atomic E-state index is 10.5. The second-order valence-corrected chi connectivity index (χ2v) is 7.87. The third kappa shape index (κ3) is 5.02. The zero-order valence-electron chi connectivity index (χ0n) is 16.6. The van der Waals surface area contributed by atoms with Crippen molar-refractivity contribution < 1.29 is 69.6 Å². The van der Waals surface area contributed by atoms with Gasteiger partial charge in [0.15, 0.2) is 18.9 Å². The number of hydrogen-bond acceptors (Lipinski definition) is 14. The molecule has 0 spiro atoms. The number of aliphatic hydroxyl groups is 9. The van der Waals surface area contributed by atoms with Crippen LogP contribution in [0.3, 0.4) is 0 Å². The van der Waals surface area contributed by atoms with Gasteiger partial charge < -0.3 is 69.6 Å². The molecule has 3 rings (SSSR count). The van der Waals surface area contributed by atoms with Crippen LogP contribution < -0.4 is 0 Å². The maximum Gasteiger partial charge on any atom is 0.187 e. The van der Waals surface area contributed by atoms with Crippen molar-refractivity contribution in [1.82, 2.24) is 0 Å². The van der Waals surface area contributed by atoms with Gasteiger partial charge in [-0.25, -0.2) is 0 Å². The van der Waals surface area contributed by atoms with Gasteiger partial charge in [0, 0.05) is 0 Å². The molecule has 0 aliphatic carbocycles. The Bertz CT molecular complexity index is 581. The second-order valence-electron chi connectivity index (χ2n) is 7.87. The van der Waals surface area contributed by atoms with E-state index in [2.05, 4.69) is 0 Å². The van der Waals surface area contributed by atoms with Gasteiger partial charge in [0.05, 0.1) is 19.3 Å². The maximum absolute atomic E-state index is 10.5. The molecule has 0 aromatic rings. The molecular weight excluding hydrogens is 428 g/mol. The summed E-state index contributed by atoms with van der Waals surface area (Å²) in [6.07, 6.45) is -21.3. The van der Waals surface area contributed by atoms with Gasteiger partial charge in [-0.05, 0) is 6.92 Å². The second kappa shape index (κ2) is 10.1. The summed E-state index contributed by atoms with van der Waals surface area (Å²) >= 11 is 0. The molecule has 3 aliphatic heterocycles. The molecule has 3 fully saturated rings. The standard InChI is InChI=1S/C17H30O14/c1-4-7(19)10(22)13(25)16(28-4)31-14-11(23)8(20)5(2-18)29-17(14)30-6-3-27-15(26)12(24)9(6)21/h4-26H,2-3H2,1H3/t4-,5+,6+,7+,8-,9-,10+,11-,12+,13-,14+,15?,16-,17-/m0/s1. The lowest BCUT2D eigenvalue weighted by atomic mass is 9.97. The topological polar surface area (TPSA) is 228 Å². The molecule has 0 aromatic carbocycles. The molecule has 31 heavy (non-hydrogen) atoms. The number of aliphatic hydroxyl groups excluding tert-OH is 9. The molecular formula is C17H30O14. The lowest BCUT2D eigenvalue weighted by Gasteiger charge is -2.47. The van der Waals surface area contributed by atoms with Gasteiger partial charge in [0.1, 0.15) is 61.0 Å². The van der Waals surface area contributed by atoms with E-state index in [1.807, 2.05) is 0 Å². The van der Waals surface area contributed by atoms with Crippen LogP contribution in [0.1, 0.15) is 6.92 Å². The van der Waals surface area contributed by atoms with E-state index in [1.54, 1.807) is 0 Å². The summed E-state index contributed by atoms with van der Waals surface area (Å²) in [4.78, 5) is 0. The van der Waals surface area contributed by atoms with E-state index in [4.69, 9.17) is 23.7 Å². The Morgan fingerprint density at radius 1 is 0.710 bits per heavy atom. The molecule has 182 valence electrons. The molecule has 0 bridgehead atoms. The molecule has 0 aromatic heterocycles. The summed E-state index contributed by atoms with van der Waals surface area (Å²) in [5.41, 5.74) is 0. The Morgan fingerprint density at radius 3 is 2.03 bits per heavy atom.